The van der Waals surface area contributed by atoms with E-state index in [9.17, 15) is 9.59 Å². The topological polar surface area (TPSA) is 52.6 Å². The summed E-state index contributed by atoms with van der Waals surface area (Å²) in [5.41, 5.74) is -0.0926. The van der Waals surface area contributed by atoms with Crippen molar-refractivity contribution in [2.75, 3.05) is 6.79 Å². The molecule has 0 aromatic rings. The number of hydrogen-bond donors (Lipinski definition) is 0. The molecule has 3 rings (SSSR count). The van der Waals surface area contributed by atoms with Crippen molar-refractivity contribution < 1.29 is 19.1 Å². The van der Waals surface area contributed by atoms with Gasteiger partial charge in [0.05, 0.1) is 11.5 Å². The number of ketones is 1. The number of ether oxygens (including phenoxy) is 2. The minimum absolute atomic E-state index is 0.0263. The first-order valence-electron chi connectivity index (χ1n) is 7.68. The van der Waals surface area contributed by atoms with E-state index in [0.717, 1.165) is 19.3 Å². The van der Waals surface area contributed by atoms with Crippen molar-refractivity contribution >= 4 is 11.8 Å². The van der Waals surface area contributed by atoms with Crippen LogP contribution in [0.1, 0.15) is 45.4 Å². The fourth-order valence-electron chi connectivity index (χ4n) is 3.82. The van der Waals surface area contributed by atoms with Gasteiger partial charge >= 0.3 is 5.97 Å². The van der Waals surface area contributed by atoms with E-state index in [-0.39, 0.29) is 41.9 Å². The molecule has 0 amide bonds. The summed E-state index contributed by atoms with van der Waals surface area (Å²) in [5.74, 6) is -0.704. The van der Waals surface area contributed by atoms with E-state index in [1.807, 2.05) is 12.2 Å². The quantitative estimate of drug-likeness (QED) is 0.441. The first-order valence-corrected chi connectivity index (χ1v) is 7.68. The molecule has 2 saturated carbocycles. The summed E-state index contributed by atoms with van der Waals surface area (Å²) in [7, 11) is 0. The molecule has 20 heavy (non-hydrogen) atoms. The molecule has 2 fully saturated rings. The molecule has 3 atom stereocenters. The summed E-state index contributed by atoms with van der Waals surface area (Å²) in [6, 6.07) is 0. The Balaban J connectivity index is 1.48. The van der Waals surface area contributed by atoms with Crippen molar-refractivity contribution in [1.82, 2.24) is 0 Å². The Morgan fingerprint density at radius 2 is 2.10 bits per heavy atom. The summed E-state index contributed by atoms with van der Waals surface area (Å²) in [6.45, 7) is 2.14. The average molecular weight is 278 g/mol. The van der Waals surface area contributed by atoms with Crippen molar-refractivity contribution in [2.45, 2.75) is 51.0 Å². The lowest BCUT2D eigenvalue weighted by molar-refractivity contribution is -0.178. The third-order valence-corrected chi connectivity index (χ3v) is 5.21. The zero-order chi connectivity index (χ0) is 14.2. The molecule has 3 unspecified atom stereocenters. The van der Waals surface area contributed by atoms with Gasteiger partial charge in [-0.1, -0.05) is 31.9 Å². The van der Waals surface area contributed by atoms with Crippen LogP contribution in [-0.2, 0) is 19.1 Å². The number of carbonyl (C=O) groups is 2. The molecule has 3 aliphatic rings. The molecule has 4 heteroatoms. The highest BCUT2D eigenvalue weighted by atomic mass is 16.7. The van der Waals surface area contributed by atoms with Crippen LogP contribution in [0.25, 0.3) is 0 Å². The number of Topliss-reactive ketones (excluding diaryl/α,β-unsaturated/α-hetero) is 1. The lowest BCUT2D eigenvalue weighted by atomic mass is 9.94. The molecule has 110 valence electrons. The predicted molar refractivity (Wildman–Crippen MR) is 72.8 cm³/mol. The van der Waals surface area contributed by atoms with Gasteiger partial charge < -0.3 is 9.47 Å². The van der Waals surface area contributed by atoms with Gasteiger partial charge in [0.1, 0.15) is 5.78 Å². The maximum atomic E-state index is 12.1. The molecular weight excluding hydrogens is 256 g/mol. The fourth-order valence-corrected chi connectivity index (χ4v) is 3.82. The highest BCUT2D eigenvalue weighted by Crippen LogP contribution is 2.41. The third-order valence-electron chi connectivity index (χ3n) is 5.21. The Morgan fingerprint density at radius 1 is 1.35 bits per heavy atom. The first-order chi connectivity index (χ1) is 9.65. The van der Waals surface area contributed by atoms with Crippen LogP contribution in [0.15, 0.2) is 12.2 Å². The molecule has 0 aromatic heterocycles. The van der Waals surface area contributed by atoms with Crippen LogP contribution in [0.5, 0.6) is 0 Å². The van der Waals surface area contributed by atoms with E-state index < -0.39 is 0 Å². The summed E-state index contributed by atoms with van der Waals surface area (Å²) < 4.78 is 11.1. The average Bonchev–Trinajstić information content (AvgIpc) is 3.15. The van der Waals surface area contributed by atoms with E-state index in [1.54, 1.807) is 0 Å². The molecule has 0 aliphatic heterocycles. The summed E-state index contributed by atoms with van der Waals surface area (Å²) in [6.07, 6.45) is 9.82. The Hall–Kier alpha value is -1.16. The van der Waals surface area contributed by atoms with E-state index in [2.05, 4.69) is 6.92 Å². The van der Waals surface area contributed by atoms with Crippen LogP contribution in [0.2, 0.25) is 0 Å². The van der Waals surface area contributed by atoms with Crippen LogP contribution in [0.4, 0.5) is 0 Å². The first kappa shape index (κ1) is 13.8. The van der Waals surface area contributed by atoms with Crippen molar-refractivity contribution in [3.05, 3.63) is 12.2 Å². The Bertz CT molecular complexity index is 434. The molecule has 0 aromatic carbocycles. The van der Waals surface area contributed by atoms with E-state index in [1.165, 1.54) is 12.8 Å². The highest BCUT2D eigenvalue weighted by Gasteiger charge is 2.47. The molecule has 0 saturated heterocycles. The predicted octanol–water partition coefficient (Wildman–Crippen LogP) is 2.62. The molecule has 0 N–H and O–H groups in total. The lowest BCUT2D eigenvalue weighted by Crippen LogP contribution is -2.31. The number of allylic oxidation sites excluding steroid dienone is 2. The minimum Gasteiger partial charge on any atom is -0.438 e. The molecule has 4 nitrogen and oxygen atoms in total. The van der Waals surface area contributed by atoms with Crippen molar-refractivity contribution in [1.29, 1.82) is 0 Å². The number of rotatable bonds is 5. The van der Waals surface area contributed by atoms with Crippen molar-refractivity contribution in [3.8, 4) is 0 Å². The van der Waals surface area contributed by atoms with Gasteiger partial charge in [-0.3, -0.25) is 9.59 Å². The van der Waals surface area contributed by atoms with Gasteiger partial charge in [-0.2, -0.15) is 0 Å². The van der Waals surface area contributed by atoms with Gasteiger partial charge in [-0.25, -0.2) is 0 Å². The Morgan fingerprint density at radius 3 is 2.65 bits per heavy atom. The van der Waals surface area contributed by atoms with Crippen LogP contribution < -0.4 is 0 Å². The highest BCUT2D eigenvalue weighted by molar-refractivity contribution is 5.96. The van der Waals surface area contributed by atoms with Gasteiger partial charge in [-0.15, -0.1) is 0 Å². The second kappa shape index (κ2) is 5.32. The normalized spacial score (nSPS) is 33.9. The van der Waals surface area contributed by atoms with Gasteiger partial charge in [0.15, 0.2) is 6.79 Å². The van der Waals surface area contributed by atoms with Crippen LogP contribution in [0.3, 0.4) is 0 Å². The smallest absolute Gasteiger partial charge is 0.312 e. The van der Waals surface area contributed by atoms with Gasteiger partial charge in [0, 0.05) is 11.8 Å². The summed E-state index contributed by atoms with van der Waals surface area (Å²) >= 11 is 0. The number of carbonyl (C=O) groups excluding carboxylic acids is 2. The zero-order valence-electron chi connectivity index (χ0n) is 12.0. The molecule has 0 spiro atoms. The van der Waals surface area contributed by atoms with Gasteiger partial charge in [0.2, 0.25) is 0 Å². The van der Waals surface area contributed by atoms with Crippen molar-refractivity contribution in [3.63, 3.8) is 0 Å². The molecule has 2 bridgehead atoms. The number of hydrogen-bond acceptors (Lipinski definition) is 4. The number of fused-ring (bicyclic) bond motifs is 2. The van der Waals surface area contributed by atoms with E-state index in [4.69, 9.17) is 9.47 Å². The standard InChI is InChI=1S/C16H22O4/c1-2-16(7-3-4-8-16)20-10-19-15(18)13-9-11-5-6-12(13)14(11)17/h5-6,11-13H,2-4,7-10H2,1H3. The van der Waals surface area contributed by atoms with Crippen LogP contribution >= 0.6 is 0 Å². The second-order valence-corrected chi connectivity index (χ2v) is 6.23. The molecule has 0 heterocycles. The largest absolute Gasteiger partial charge is 0.438 e. The van der Waals surface area contributed by atoms with E-state index in [0.29, 0.717) is 6.42 Å². The van der Waals surface area contributed by atoms with Crippen LogP contribution in [-0.4, -0.2) is 24.1 Å². The zero-order valence-corrected chi connectivity index (χ0v) is 12.0. The summed E-state index contributed by atoms with van der Waals surface area (Å²) in [4.78, 5) is 23.8. The molecular formula is C16H22O4. The third kappa shape index (κ3) is 2.30. The van der Waals surface area contributed by atoms with Gasteiger partial charge in [-0.05, 0) is 25.7 Å². The SMILES string of the molecule is CCC1(OCOC(=O)C2CC3C=CC2C3=O)CCCC1. The van der Waals surface area contributed by atoms with Crippen LogP contribution in [0, 0.1) is 17.8 Å². The Kier molecular flexibility index (Phi) is 3.67. The number of esters is 1. The fraction of sp³-hybridized carbons (Fsp3) is 0.750. The maximum Gasteiger partial charge on any atom is 0.312 e. The van der Waals surface area contributed by atoms with E-state index >= 15 is 0 Å². The minimum atomic E-state index is -0.290. The molecule has 3 aliphatic carbocycles. The Labute approximate surface area is 119 Å². The van der Waals surface area contributed by atoms with Crippen molar-refractivity contribution in [2.24, 2.45) is 17.8 Å². The summed E-state index contributed by atoms with van der Waals surface area (Å²) in [5, 5.41) is 0. The second-order valence-electron chi connectivity index (χ2n) is 6.23. The monoisotopic (exact) mass is 278 g/mol. The molecule has 0 radical (unpaired) electrons. The lowest BCUT2D eigenvalue weighted by Gasteiger charge is -2.28. The maximum absolute atomic E-state index is 12.1. The van der Waals surface area contributed by atoms with Gasteiger partial charge in [0.25, 0.3) is 0 Å².